The summed E-state index contributed by atoms with van der Waals surface area (Å²) in [6, 6.07) is 8.43. The normalized spacial score (nSPS) is 15.3. The van der Waals surface area contributed by atoms with E-state index in [4.69, 9.17) is 5.11 Å². The van der Waals surface area contributed by atoms with Crippen LogP contribution in [-0.2, 0) is 21.2 Å². The van der Waals surface area contributed by atoms with E-state index >= 15 is 0 Å². The molecule has 0 atom stereocenters. The third-order valence-electron chi connectivity index (χ3n) is 4.59. The zero-order chi connectivity index (χ0) is 21.2. The number of hydrogen-bond donors (Lipinski definition) is 1. The largest absolute Gasteiger partial charge is 0.481 e. The predicted molar refractivity (Wildman–Crippen MR) is 98.8 cm³/mol. The highest BCUT2D eigenvalue weighted by Gasteiger charge is 2.31. The SMILES string of the molecule is O=C(O)Cc1ccccc1C(=O)N1CCN(S(=O)(=O)c2cc(F)cc(F)c2)CC1. The van der Waals surface area contributed by atoms with Crippen LogP contribution >= 0.6 is 0 Å². The van der Waals surface area contributed by atoms with Crippen LogP contribution in [0.4, 0.5) is 8.78 Å². The zero-order valence-corrected chi connectivity index (χ0v) is 16.0. The third kappa shape index (κ3) is 4.60. The van der Waals surface area contributed by atoms with Gasteiger partial charge in [-0.1, -0.05) is 18.2 Å². The number of nitrogens with zero attached hydrogens (tertiary/aromatic N) is 2. The highest BCUT2D eigenvalue weighted by molar-refractivity contribution is 7.89. The fourth-order valence-corrected chi connectivity index (χ4v) is 4.64. The molecule has 29 heavy (non-hydrogen) atoms. The Bertz CT molecular complexity index is 1030. The van der Waals surface area contributed by atoms with Crippen molar-refractivity contribution in [3.05, 3.63) is 65.2 Å². The Hall–Kier alpha value is -2.85. The maximum Gasteiger partial charge on any atom is 0.307 e. The third-order valence-corrected chi connectivity index (χ3v) is 6.47. The van der Waals surface area contributed by atoms with E-state index in [-0.39, 0.29) is 38.2 Å². The Morgan fingerprint density at radius 2 is 1.55 bits per heavy atom. The fourth-order valence-electron chi connectivity index (χ4n) is 3.17. The highest BCUT2D eigenvalue weighted by atomic mass is 32.2. The van der Waals surface area contributed by atoms with Crippen molar-refractivity contribution in [3.8, 4) is 0 Å². The molecule has 1 fully saturated rings. The number of carboxylic acid groups (broad SMARTS) is 1. The van der Waals surface area contributed by atoms with Crippen LogP contribution in [0.5, 0.6) is 0 Å². The number of piperazine rings is 1. The Balaban J connectivity index is 1.74. The summed E-state index contributed by atoms with van der Waals surface area (Å²) in [5.74, 6) is -3.45. The van der Waals surface area contributed by atoms with E-state index in [0.29, 0.717) is 11.6 Å². The molecule has 0 aliphatic carbocycles. The van der Waals surface area contributed by atoms with E-state index in [0.717, 1.165) is 16.4 Å². The van der Waals surface area contributed by atoms with Gasteiger partial charge in [0.15, 0.2) is 0 Å². The highest BCUT2D eigenvalue weighted by Crippen LogP contribution is 2.21. The summed E-state index contributed by atoms with van der Waals surface area (Å²) in [4.78, 5) is 24.7. The van der Waals surface area contributed by atoms with Crippen LogP contribution < -0.4 is 0 Å². The molecule has 0 saturated carbocycles. The van der Waals surface area contributed by atoms with Crippen LogP contribution in [0.15, 0.2) is 47.4 Å². The number of amides is 1. The molecule has 154 valence electrons. The fraction of sp³-hybridized carbons (Fsp3) is 0.263. The predicted octanol–water partition coefficient (Wildman–Crippen LogP) is 1.74. The molecule has 7 nitrogen and oxygen atoms in total. The lowest BCUT2D eigenvalue weighted by molar-refractivity contribution is -0.136. The summed E-state index contributed by atoms with van der Waals surface area (Å²) in [6.07, 6.45) is -0.304. The minimum Gasteiger partial charge on any atom is -0.481 e. The van der Waals surface area contributed by atoms with E-state index in [1.54, 1.807) is 18.2 Å². The molecule has 1 N–H and O–H groups in total. The number of benzene rings is 2. The Labute approximate surface area is 166 Å². The maximum atomic E-state index is 13.4. The standard InChI is InChI=1S/C19H18F2N2O5S/c20-14-10-15(21)12-16(11-14)29(27,28)23-7-5-22(6-8-23)19(26)17-4-2-1-3-13(17)9-18(24)25/h1-4,10-12H,5-9H2,(H,24,25). The van der Waals surface area contributed by atoms with Gasteiger partial charge in [0.2, 0.25) is 10.0 Å². The number of carbonyl (C=O) groups is 2. The van der Waals surface area contributed by atoms with Gasteiger partial charge in [-0.2, -0.15) is 4.31 Å². The molecule has 1 amide bonds. The first-order chi connectivity index (χ1) is 13.7. The van der Waals surface area contributed by atoms with Crippen LogP contribution in [-0.4, -0.2) is 60.8 Å². The molecule has 1 heterocycles. The molecular formula is C19H18F2N2O5S. The summed E-state index contributed by atoms with van der Waals surface area (Å²) < 4.78 is 53.1. The summed E-state index contributed by atoms with van der Waals surface area (Å²) in [7, 11) is -4.11. The molecule has 0 spiro atoms. The Kier molecular flexibility index (Phi) is 5.94. The first-order valence-corrected chi connectivity index (χ1v) is 10.2. The van der Waals surface area contributed by atoms with Crippen molar-refractivity contribution in [2.75, 3.05) is 26.2 Å². The number of hydrogen-bond acceptors (Lipinski definition) is 4. The molecule has 1 saturated heterocycles. The monoisotopic (exact) mass is 424 g/mol. The van der Waals surface area contributed by atoms with Gasteiger partial charge >= 0.3 is 5.97 Å². The minimum atomic E-state index is -4.11. The van der Waals surface area contributed by atoms with Gasteiger partial charge < -0.3 is 10.0 Å². The Morgan fingerprint density at radius 3 is 2.14 bits per heavy atom. The van der Waals surface area contributed by atoms with E-state index in [1.165, 1.54) is 11.0 Å². The van der Waals surface area contributed by atoms with Gasteiger partial charge in [0.25, 0.3) is 5.91 Å². The number of rotatable bonds is 5. The number of sulfonamides is 1. The summed E-state index contributed by atoms with van der Waals surface area (Å²) in [5.41, 5.74) is 0.619. The van der Waals surface area contributed by atoms with Gasteiger partial charge in [-0.05, 0) is 23.8 Å². The summed E-state index contributed by atoms with van der Waals surface area (Å²) in [5, 5.41) is 9.00. The molecule has 0 unspecified atom stereocenters. The minimum absolute atomic E-state index is 0.0483. The van der Waals surface area contributed by atoms with E-state index in [9.17, 15) is 26.8 Å². The molecule has 0 radical (unpaired) electrons. The lowest BCUT2D eigenvalue weighted by atomic mass is 10.0. The maximum absolute atomic E-state index is 13.4. The first-order valence-electron chi connectivity index (χ1n) is 8.73. The molecule has 1 aliphatic rings. The van der Waals surface area contributed by atoms with Crippen LogP contribution in [0.1, 0.15) is 15.9 Å². The van der Waals surface area contributed by atoms with Crippen molar-refractivity contribution in [2.45, 2.75) is 11.3 Å². The molecule has 10 heteroatoms. The van der Waals surface area contributed by atoms with Crippen molar-refractivity contribution >= 4 is 21.9 Å². The number of halogens is 2. The number of carbonyl (C=O) groups excluding carboxylic acids is 1. The van der Waals surface area contributed by atoms with Gasteiger partial charge in [-0.25, -0.2) is 17.2 Å². The number of carboxylic acids is 1. The number of aliphatic carboxylic acids is 1. The van der Waals surface area contributed by atoms with Crippen molar-refractivity contribution in [1.29, 1.82) is 0 Å². The van der Waals surface area contributed by atoms with Crippen LogP contribution in [0.25, 0.3) is 0 Å². The Morgan fingerprint density at radius 1 is 0.966 bits per heavy atom. The lowest BCUT2D eigenvalue weighted by Crippen LogP contribution is -2.50. The lowest BCUT2D eigenvalue weighted by Gasteiger charge is -2.34. The van der Waals surface area contributed by atoms with E-state index in [2.05, 4.69) is 0 Å². The molecule has 2 aromatic carbocycles. The van der Waals surface area contributed by atoms with Crippen molar-refractivity contribution in [3.63, 3.8) is 0 Å². The summed E-state index contributed by atoms with van der Waals surface area (Å²) >= 11 is 0. The van der Waals surface area contributed by atoms with Crippen LogP contribution in [0.2, 0.25) is 0 Å². The van der Waals surface area contributed by atoms with Gasteiger partial charge in [-0.3, -0.25) is 9.59 Å². The first kappa shape index (κ1) is 20.9. The molecule has 3 rings (SSSR count). The average Bonchev–Trinajstić information content (AvgIpc) is 2.67. The van der Waals surface area contributed by atoms with Gasteiger partial charge in [0.05, 0.1) is 11.3 Å². The topological polar surface area (TPSA) is 95.0 Å². The molecule has 1 aliphatic heterocycles. The summed E-state index contributed by atoms with van der Waals surface area (Å²) in [6.45, 7) is 0.0368. The van der Waals surface area contributed by atoms with Gasteiger partial charge in [-0.15, -0.1) is 0 Å². The smallest absolute Gasteiger partial charge is 0.307 e. The van der Waals surface area contributed by atoms with Crippen LogP contribution in [0.3, 0.4) is 0 Å². The van der Waals surface area contributed by atoms with E-state index in [1.807, 2.05) is 0 Å². The molecular weight excluding hydrogens is 406 g/mol. The average molecular weight is 424 g/mol. The second kappa shape index (κ2) is 8.26. The van der Waals surface area contributed by atoms with Crippen molar-refractivity contribution in [2.24, 2.45) is 0 Å². The molecule has 2 aromatic rings. The quantitative estimate of drug-likeness (QED) is 0.789. The van der Waals surface area contributed by atoms with Gasteiger partial charge in [0.1, 0.15) is 11.6 Å². The second-order valence-corrected chi connectivity index (χ2v) is 8.47. The molecule has 0 aromatic heterocycles. The van der Waals surface area contributed by atoms with Gasteiger partial charge in [0, 0.05) is 37.8 Å². The zero-order valence-electron chi connectivity index (χ0n) is 15.2. The van der Waals surface area contributed by atoms with Crippen LogP contribution in [0, 0.1) is 11.6 Å². The van der Waals surface area contributed by atoms with Crippen molar-refractivity contribution in [1.82, 2.24) is 9.21 Å². The second-order valence-electron chi connectivity index (χ2n) is 6.53. The van der Waals surface area contributed by atoms with E-state index < -0.39 is 38.4 Å². The molecule has 0 bridgehead atoms. The van der Waals surface area contributed by atoms with Crippen molar-refractivity contribution < 1.29 is 31.9 Å².